The van der Waals surface area contributed by atoms with Crippen LogP contribution < -0.4 is 5.32 Å². The normalized spacial score (nSPS) is 28.2. The predicted octanol–water partition coefficient (Wildman–Crippen LogP) is 1.93. The molecule has 1 unspecified atom stereocenters. The van der Waals surface area contributed by atoms with E-state index in [1.54, 1.807) is 6.20 Å². The molecular weight excluding hydrogens is 276 g/mol. The molecule has 0 aromatic carbocycles. The molecule has 2 aliphatic rings. The van der Waals surface area contributed by atoms with Crippen LogP contribution in [0.4, 0.5) is 0 Å². The van der Waals surface area contributed by atoms with Gasteiger partial charge in [-0.15, -0.1) is 0 Å². The maximum Gasteiger partial charge on any atom is 0.253 e. The Labute approximate surface area is 130 Å². The number of amides is 1. The number of nitrogens with zero attached hydrogens (tertiary/aromatic N) is 3. The molecule has 0 spiro atoms. The Morgan fingerprint density at radius 2 is 2.00 bits per heavy atom. The third kappa shape index (κ3) is 2.11. The van der Waals surface area contributed by atoms with E-state index in [0.717, 1.165) is 29.4 Å². The van der Waals surface area contributed by atoms with Crippen molar-refractivity contribution in [3.8, 4) is 0 Å². The van der Waals surface area contributed by atoms with E-state index in [-0.39, 0.29) is 5.91 Å². The number of nitrogens with one attached hydrogen (secondary N) is 1. The molecule has 2 aromatic rings. The quantitative estimate of drug-likeness (QED) is 0.921. The fourth-order valence-electron chi connectivity index (χ4n) is 4.19. The Balaban J connectivity index is 1.55. The topological polar surface area (TPSA) is 50.2 Å². The van der Waals surface area contributed by atoms with Gasteiger partial charge in [-0.05, 0) is 44.9 Å². The molecule has 5 heteroatoms. The molecule has 4 heterocycles. The standard InChI is InChI=1S/C17H22N4O/c1-20-10-15(14-4-3-7-18-16(14)20)17(22)19-11-8-12-5-6-13(9-11)21(12)2/h3-4,7,10-13H,5-6,8-9H2,1-2H3,(H,19,22)/t11?,12-,13+. The van der Waals surface area contributed by atoms with Gasteiger partial charge in [-0.25, -0.2) is 4.98 Å². The molecule has 4 rings (SSSR count). The van der Waals surface area contributed by atoms with Crippen molar-refractivity contribution in [2.75, 3.05) is 7.05 Å². The molecule has 1 N–H and O–H groups in total. The lowest BCUT2D eigenvalue weighted by molar-refractivity contribution is 0.0884. The second-order valence-electron chi connectivity index (χ2n) is 6.72. The van der Waals surface area contributed by atoms with Gasteiger partial charge in [0.25, 0.3) is 5.91 Å². The maximum atomic E-state index is 12.7. The molecule has 22 heavy (non-hydrogen) atoms. The smallest absolute Gasteiger partial charge is 0.253 e. The van der Waals surface area contributed by atoms with Crippen LogP contribution in [-0.4, -0.2) is 45.5 Å². The van der Waals surface area contributed by atoms with Crippen LogP contribution in [0.15, 0.2) is 24.5 Å². The highest BCUT2D eigenvalue weighted by atomic mass is 16.1. The summed E-state index contributed by atoms with van der Waals surface area (Å²) in [7, 11) is 4.15. The number of rotatable bonds is 2. The van der Waals surface area contributed by atoms with Crippen molar-refractivity contribution in [1.29, 1.82) is 0 Å². The van der Waals surface area contributed by atoms with Crippen molar-refractivity contribution in [2.24, 2.45) is 7.05 Å². The Kier molecular flexibility index (Phi) is 3.18. The summed E-state index contributed by atoms with van der Waals surface area (Å²) in [6.07, 6.45) is 8.33. The number of pyridine rings is 1. The van der Waals surface area contributed by atoms with Crippen LogP contribution in [-0.2, 0) is 7.05 Å². The minimum atomic E-state index is 0.0348. The van der Waals surface area contributed by atoms with E-state index >= 15 is 0 Å². The SMILES string of the molecule is CN1[C@@H]2CC[C@H]1CC(NC(=O)c1cn(C)c3ncccc13)C2. The van der Waals surface area contributed by atoms with Gasteiger partial charge < -0.3 is 14.8 Å². The summed E-state index contributed by atoms with van der Waals surface area (Å²) in [6.45, 7) is 0. The highest BCUT2D eigenvalue weighted by Crippen LogP contribution is 2.34. The molecular formula is C17H22N4O. The van der Waals surface area contributed by atoms with Gasteiger partial charge in [0.2, 0.25) is 0 Å². The fourth-order valence-corrected chi connectivity index (χ4v) is 4.19. The maximum absolute atomic E-state index is 12.7. The van der Waals surface area contributed by atoms with E-state index in [2.05, 4.69) is 22.2 Å². The Morgan fingerprint density at radius 3 is 2.73 bits per heavy atom. The lowest BCUT2D eigenvalue weighted by Gasteiger charge is -2.36. The van der Waals surface area contributed by atoms with Gasteiger partial charge in [0.05, 0.1) is 5.56 Å². The van der Waals surface area contributed by atoms with E-state index in [9.17, 15) is 4.79 Å². The molecule has 2 bridgehead atoms. The molecule has 2 aliphatic heterocycles. The number of aryl methyl sites for hydroxylation is 1. The second kappa shape index (κ2) is 5.09. The second-order valence-corrected chi connectivity index (χ2v) is 6.72. The first-order valence-corrected chi connectivity index (χ1v) is 8.06. The van der Waals surface area contributed by atoms with Crippen LogP contribution in [0.1, 0.15) is 36.0 Å². The summed E-state index contributed by atoms with van der Waals surface area (Å²) in [6, 6.07) is 5.43. The molecule has 2 fully saturated rings. The molecule has 1 amide bonds. The first kappa shape index (κ1) is 13.8. The fraction of sp³-hybridized carbons (Fsp3) is 0.529. The molecule has 2 aromatic heterocycles. The lowest BCUT2D eigenvalue weighted by atomic mass is 9.97. The largest absolute Gasteiger partial charge is 0.349 e. The number of carbonyl (C=O) groups is 1. The summed E-state index contributed by atoms with van der Waals surface area (Å²) >= 11 is 0. The van der Waals surface area contributed by atoms with Crippen LogP contribution in [0, 0.1) is 0 Å². The lowest BCUT2D eigenvalue weighted by Crippen LogP contribution is -2.48. The Bertz CT molecular complexity index is 709. The van der Waals surface area contributed by atoms with Gasteiger partial charge in [0, 0.05) is 43.0 Å². The summed E-state index contributed by atoms with van der Waals surface area (Å²) in [5.74, 6) is 0.0348. The van der Waals surface area contributed by atoms with Gasteiger partial charge in [0.1, 0.15) is 5.65 Å². The monoisotopic (exact) mass is 298 g/mol. The Hall–Kier alpha value is -1.88. The molecule has 0 saturated carbocycles. The Morgan fingerprint density at radius 1 is 1.27 bits per heavy atom. The minimum Gasteiger partial charge on any atom is -0.349 e. The predicted molar refractivity (Wildman–Crippen MR) is 85.8 cm³/mol. The zero-order chi connectivity index (χ0) is 15.3. The van der Waals surface area contributed by atoms with Crippen molar-refractivity contribution >= 4 is 16.9 Å². The number of hydrogen-bond donors (Lipinski definition) is 1. The van der Waals surface area contributed by atoms with Gasteiger partial charge in [-0.3, -0.25) is 4.79 Å². The number of carbonyl (C=O) groups excluding carboxylic acids is 1. The summed E-state index contributed by atoms with van der Waals surface area (Å²) in [4.78, 5) is 19.5. The molecule has 0 aliphatic carbocycles. The van der Waals surface area contributed by atoms with Crippen molar-refractivity contribution in [3.05, 3.63) is 30.1 Å². The number of fused-ring (bicyclic) bond motifs is 3. The molecule has 2 saturated heterocycles. The first-order chi connectivity index (χ1) is 10.6. The van der Waals surface area contributed by atoms with Crippen LogP contribution in [0.25, 0.3) is 11.0 Å². The highest BCUT2D eigenvalue weighted by Gasteiger charge is 2.38. The van der Waals surface area contributed by atoms with Gasteiger partial charge in [-0.2, -0.15) is 0 Å². The van der Waals surface area contributed by atoms with Gasteiger partial charge in [-0.1, -0.05) is 0 Å². The van der Waals surface area contributed by atoms with Gasteiger partial charge >= 0.3 is 0 Å². The molecule has 116 valence electrons. The van der Waals surface area contributed by atoms with E-state index in [1.165, 1.54) is 12.8 Å². The average molecular weight is 298 g/mol. The minimum absolute atomic E-state index is 0.0348. The van der Waals surface area contributed by atoms with Crippen LogP contribution >= 0.6 is 0 Å². The van der Waals surface area contributed by atoms with Crippen LogP contribution in [0.5, 0.6) is 0 Å². The zero-order valence-corrected chi connectivity index (χ0v) is 13.1. The van der Waals surface area contributed by atoms with E-state index in [0.29, 0.717) is 18.1 Å². The van der Waals surface area contributed by atoms with Crippen LogP contribution in [0.3, 0.4) is 0 Å². The summed E-state index contributed by atoms with van der Waals surface area (Å²) in [5.41, 5.74) is 1.59. The summed E-state index contributed by atoms with van der Waals surface area (Å²) in [5, 5.41) is 4.18. The van der Waals surface area contributed by atoms with E-state index < -0.39 is 0 Å². The number of hydrogen-bond acceptors (Lipinski definition) is 3. The number of aromatic nitrogens is 2. The van der Waals surface area contributed by atoms with E-state index in [1.807, 2.05) is 29.9 Å². The van der Waals surface area contributed by atoms with Crippen molar-refractivity contribution in [2.45, 2.75) is 43.8 Å². The number of piperidine rings is 1. The van der Waals surface area contributed by atoms with Crippen molar-refractivity contribution in [1.82, 2.24) is 19.8 Å². The van der Waals surface area contributed by atoms with Crippen LogP contribution in [0.2, 0.25) is 0 Å². The molecule has 3 atom stereocenters. The third-order valence-corrected chi connectivity index (χ3v) is 5.41. The van der Waals surface area contributed by atoms with Gasteiger partial charge in [0.15, 0.2) is 0 Å². The average Bonchev–Trinajstić information content (AvgIpc) is 2.93. The highest BCUT2D eigenvalue weighted by molar-refractivity contribution is 6.06. The van der Waals surface area contributed by atoms with Crippen molar-refractivity contribution < 1.29 is 4.79 Å². The van der Waals surface area contributed by atoms with Crippen molar-refractivity contribution in [3.63, 3.8) is 0 Å². The molecule has 5 nitrogen and oxygen atoms in total. The first-order valence-electron chi connectivity index (χ1n) is 8.06. The molecule has 0 radical (unpaired) electrons. The van der Waals surface area contributed by atoms with E-state index in [4.69, 9.17) is 0 Å². The summed E-state index contributed by atoms with van der Waals surface area (Å²) < 4.78 is 1.92. The third-order valence-electron chi connectivity index (χ3n) is 5.41. The zero-order valence-electron chi connectivity index (χ0n) is 13.1.